The van der Waals surface area contributed by atoms with Crippen LogP contribution in [0.3, 0.4) is 0 Å². The van der Waals surface area contributed by atoms with Crippen LogP contribution in [-0.2, 0) is 6.42 Å². The largest absolute Gasteiger partial charge is 0.310 e. The number of rotatable bonds is 5. The molecule has 0 spiro atoms. The van der Waals surface area contributed by atoms with Crippen LogP contribution in [-0.4, -0.2) is 6.54 Å². The average molecular weight is 509 g/mol. The molecule has 0 heterocycles. The SMILES string of the molecule is CCNC(Cc1cccc(Br)c1)c1cc(I)ccc1Br. The van der Waals surface area contributed by atoms with Crippen LogP contribution < -0.4 is 5.32 Å². The van der Waals surface area contributed by atoms with Crippen molar-refractivity contribution in [1.82, 2.24) is 5.32 Å². The standard InChI is InChI=1S/C16H16Br2IN/c1-2-20-16(9-11-4-3-5-12(17)8-11)14-10-13(19)6-7-15(14)18/h3-8,10,16,20H,2,9H2,1H3. The maximum absolute atomic E-state index is 3.68. The first kappa shape index (κ1) is 16.5. The van der Waals surface area contributed by atoms with Crippen molar-refractivity contribution in [3.8, 4) is 0 Å². The lowest BCUT2D eigenvalue weighted by Gasteiger charge is -2.20. The van der Waals surface area contributed by atoms with Crippen LogP contribution in [0.15, 0.2) is 51.4 Å². The van der Waals surface area contributed by atoms with E-state index >= 15 is 0 Å². The topological polar surface area (TPSA) is 12.0 Å². The summed E-state index contributed by atoms with van der Waals surface area (Å²) in [5, 5.41) is 3.59. The minimum atomic E-state index is 0.318. The Hall–Kier alpha value is 0.0900. The molecule has 0 amide bonds. The first-order valence-electron chi connectivity index (χ1n) is 6.53. The third-order valence-corrected chi connectivity index (χ3v) is 5.00. The van der Waals surface area contributed by atoms with E-state index in [4.69, 9.17) is 0 Å². The molecule has 2 aromatic carbocycles. The van der Waals surface area contributed by atoms with Crippen LogP contribution in [0.4, 0.5) is 0 Å². The van der Waals surface area contributed by atoms with Crippen LogP contribution in [0.1, 0.15) is 24.1 Å². The monoisotopic (exact) mass is 507 g/mol. The van der Waals surface area contributed by atoms with E-state index < -0.39 is 0 Å². The molecule has 0 aliphatic carbocycles. The fourth-order valence-corrected chi connectivity index (χ4v) is 3.70. The summed E-state index contributed by atoms with van der Waals surface area (Å²) in [7, 11) is 0. The average Bonchev–Trinajstić information content (AvgIpc) is 2.41. The Labute approximate surface area is 150 Å². The zero-order valence-electron chi connectivity index (χ0n) is 11.2. The molecule has 106 valence electrons. The molecule has 1 atom stereocenters. The van der Waals surface area contributed by atoms with Gasteiger partial charge in [-0.3, -0.25) is 0 Å². The summed E-state index contributed by atoms with van der Waals surface area (Å²) >= 11 is 9.58. The zero-order valence-corrected chi connectivity index (χ0v) is 16.5. The van der Waals surface area contributed by atoms with Gasteiger partial charge in [0.15, 0.2) is 0 Å². The van der Waals surface area contributed by atoms with E-state index in [-0.39, 0.29) is 0 Å². The van der Waals surface area contributed by atoms with Crippen LogP contribution in [0.5, 0.6) is 0 Å². The highest BCUT2D eigenvalue weighted by molar-refractivity contribution is 14.1. The lowest BCUT2D eigenvalue weighted by molar-refractivity contribution is 0.547. The van der Waals surface area contributed by atoms with Crippen LogP contribution in [0.25, 0.3) is 0 Å². The molecule has 0 saturated carbocycles. The van der Waals surface area contributed by atoms with Gasteiger partial charge in [-0.25, -0.2) is 0 Å². The minimum Gasteiger partial charge on any atom is -0.310 e. The van der Waals surface area contributed by atoms with Gasteiger partial charge in [0, 0.05) is 18.6 Å². The van der Waals surface area contributed by atoms with Gasteiger partial charge >= 0.3 is 0 Å². The molecule has 1 unspecified atom stereocenters. The van der Waals surface area contributed by atoms with Crippen molar-refractivity contribution < 1.29 is 0 Å². The van der Waals surface area contributed by atoms with Crippen LogP contribution in [0, 0.1) is 3.57 Å². The first-order valence-corrected chi connectivity index (χ1v) is 9.19. The summed E-state index contributed by atoms with van der Waals surface area (Å²) in [5.41, 5.74) is 2.65. The van der Waals surface area contributed by atoms with E-state index in [1.54, 1.807) is 0 Å². The van der Waals surface area contributed by atoms with Crippen molar-refractivity contribution in [3.63, 3.8) is 0 Å². The van der Waals surface area contributed by atoms with Gasteiger partial charge in [0.2, 0.25) is 0 Å². The van der Waals surface area contributed by atoms with E-state index in [2.05, 4.69) is 109 Å². The third kappa shape index (κ3) is 4.55. The van der Waals surface area contributed by atoms with Gasteiger partial charge in [-0.2, -0.15) is 0 Å². The lowest BCUT2D eigenvalue weighted by Crippen LogP contribution is -2.23. The molecule has 0 saturated heterocycles. The third-order valence-electron chi connectivity index (χ3n) is 3.11. The summed E-state index contributed by atoms with van der Waals surface area (Å²) in [6.45, 7) is 3.10. The van der Waals surface area contributed by atoms with Gasteiger partial charge in [-0.1, -0.05) is 50.9 Å². The maximum atomic E-state index is 3.68. The van der Waals surface area contributed by atoms with Crippen molar-refractivity contribution in [2.75, 3.05) is 6.54 Å². The Bertz CT molecular complexity index is 586. The number of likely N-dealkylation sites (N-methyl/N-ethyl adjacent to an activating group) is 1. The molecule has 2 rings (SSSR count). The molecule has 0 fully saturated rings. The summed E-state index contributed by atoms with van der Waals surface area (Å²) in [5.74, 6) is 0. The van der Waals surface area contributed by atoms with Gasteiger partial charge in [-0.15, -0.1) is 0 Å². The molecular formula is C16H16Br2IN. The number of benzene rings is 2. The van der Waals surface area contributed by atoms with E-state index in [0.29, 0.717) is 6.04 Å². The van der Waals surface area contributed by atoms with E-state index in [1.807, 2.05) is 0 Å². The van der Waals surface area contributed by atoms with E-state index in [9.17, 15) is 0 Å². The van der Waals surface area contributed by atoms with Crippen LogP contribution >= 0.6 is 54.5 Å². The minimum absolute atomic E-state index is 0.318. The van der Waals surface area contributed by atoms with Gasteiger partial charge in [-0.05, 0) is 77.0 Å². The molecule has 2 aromatic rings. The lowest BCUT2D eigenvalue weighted by atomic mass is 9.99. The quantitative estimate of drug-likeness (QED) is 0.510. The number of halogens is 3. The second kappa shape index (κ2) is 7.92. The smallest absolute Gasteiger partial charge is 0.0372 e. The summed E-state index contributed by atoms with van der Waals surface area (Å²) in [6, 6.07) is 15.3. The number of hydrogen-bond donors (Lipinski definition) is 1. The summed E-state index contributed by atoms with van der Waals surface area (Å²) < 4.78 is 3.56. The Morgan fingerprint density at radius 3 is 2.65 bits per heavy atom. The highest BCUT2D eigenvalue weighted by Gasteiger charge is 2.14. The molecular weight excluding hydrogens is 493 g/mol. The molecule has 0 aliphatic rings. The van der Waals surface area contributed by atoms with Crippen molar-refractivity contribution in [3.05, 3.63) is 66.1 Å². The highest BCUT2D eigenvalue weighted by atomic mass is 127. The van der Waals surface area contributed by atoms with Gasteiger partial charge in [0.1, 0.15) is 0 Å². The maximum Gasteiger partial charge on any atom is 0.0372 e. The summed E-state index contributed by atoms with van der Waals surface area (Å²) in [6.07, 6.45) is 0.978. The number of nitrogens with one attached hydrogen (secondary N) is 1. The fraction of sp³-hybridized carbons (Fsp3) is 0.250. The fourth-order valence-electron chi connectivity index (χ4n) is 2.22. The highest BCUT2D eigenvalue weighted by Crippen LogP contribution is 2.28. The Morgan fingerprint density at radius 1 is 1.15 bits per heavy atom. The van der Waals surface area contributed by atoms with Crippen molar-refractivity contribution >= 4 is 54.5 Å². The molecule has 0 aliphatic heterocycles. The molecule has 0 radical (unpaired) electrons. The Morgan fingerprint density at radius 2 is 1.95 bits per heavy atom. The van der Waals surface area contributed by atoms with E-state index in [1.165, 1.54) is 19.2 Å². The normalized spacial score (nSPS) is 12.4. The van der Waals surface area contributed by atoms with Crippen molar-refractivity contribution in [2.24, 2.45) is 0 Å². The second-order valence-electron chi connectivity index (χ2n) is 4.61. The molecule has 20 heavy (non-hydrogen) atoms. The first-order chi connectivity index (χ1) is 9.60. The zero-order chi connectivity index (χ0) is 14.5. The molecule has 0 aromatic heterocycles. The van der Waals surface area contributed by atoms with Gasteiger partial charge < -0.3 is 5.32 Å². The Kier molecular flexibility index (Phi) is 6.52. The van der Waals surface area contributed by atoms with Crippen LogP contribution in [0.2, 0.25) is 0 Å². The molecule has 1 nitrogen and oxygen atoms in total. The second-order valence-corrected chi connectivity index (χ2v) is 7.63. The predicted octanol–water partition coefficient (Wildman–Crippen LogP) is 5.71. The molecule has 4 heteroatoms. The summed E-state index contributed by atoms with van der Waals surface area (Å²) in [4.78, 5) is 0. The van der Waals surface area contributed by atoms with Gasteiger partial charge in [0.05, 0.1) is 0 Å². The molecule has 0 bridgehead atoms. The van der Waals surface area contributed by atoms with E-state index in [0.717, 1.165) is 17.4 Å². The predicted molar refractivity (Wildman–Crippen MR) is 101 cm³/mol. The van der Waals surface area contributed by atoms with Crippen molar-refractivity contribution in [1.29, 1.82) is 0 Å². The van der Waals surface area contributed by atoms with Gasteiger partial charge in [0.25, 0.3) is 0 Å². The Balaban J connectivity index is 2.29. The number of hydrogen-bond acceptors (Lipinski definition) is 1. The molecule has 1 N–H and O–H groups in total. The van der Waals surface area contributed by atoms with Crippen molar-refractivity contribution in [2.45, 2.75) is 19.4 Å².